The first-order valence-corrected chi connectivity index (χ1v) is 6.77. The number of halogens is 2. The van der Waals surface area contributed by atoms with Gasteiger partial charge in [0.05, 0.1) is 55.4 Å². The zero-order valence-corrected chi connectivity index (χ0v) is 14.6. The summed E-state index contributed by atoms with van der Waals surface area (Å²) < 4.78 is 2.25. The molecule has 2 unspecified atom stereocenters. The first-order valence-electron chi connectivity index (χ1n) is 6.77. The van der Waals surface area contributed by atoms with Crippen LogP contribution in [0.2, 0.25) is 0 Å². The van der Waals surface area contributed by atoms with Crippen molar-refractivity contribution in [2.45, 2.75) is 25.7 Å². The molecule has 1 aliphatic carbocycles. The Bertz CT molecular complexity index is 197. The minimum absolute atomic E-state index is 0. The summed E-state index contributed by atoms with van der Waals surface area (Å²) in [5.41, 5.74) is 0. The summed E-state index contributed by atoms with van der Waals surface area (Å²) in [6.07, 6.45) is 5.84. The molecule has 1 rings (SSSR count). The molecule has 2 atom stereocenters. The van der Waals surface area contributed by atoms with Gasteiger partial charge >= 0.3 is 0 Å². The Balaban J connectivity index is 0. The van der Waals surface area contributed by atoms with Crippen LogP contribution in [-0.2, 0) is 0 Å². The van der Waals surface area contributed by atoms with Crippen molar-refractivity contribution in [3.63, 3.8) is 0 Å². The summed E-state index contributed by atoms with van der Waals surface area (Å²) in [6, 6.07) is 0. The molecule has 0 radical (unpaired) electrons. The van der Waals surface area contributed by atoms with Crippen molar-refractivity contribution in [1.82, 2.24) is 0 Å². The average molecular weight is 299 g/mol. The zero-order valence-electron chi connectivity index (χ0n) is 13.0. The Morgan fingerprint density at radius 1 is 0.722 bits per heavy atom. The molecule has 18 heavy (non-hydrogen) atoms. The normalized spacial score (nSPS) is 25.0. The molecule has 2 nitrogen and oxygen atoms in total. The first-order chi connectivity index (χ1) is 7.16. The minimum atomic E-state index is 0. The number of hydrogen-bond acceptors (Lipinski definition) is 0. The molecule has 112 valence electrons. The van der Waals surface area contributed by atoms with Crippen LogP contribution in [0.25, 0.3) is 0 Å². The highest BCUT2D eigenvalue weighted by molar-refractivity contribution is 4.72. The maximum atomic E-state index is 2.32. The monoisotopic (exact) mass is 298 g/mol. The molecule has 0 aromatic rings. The second-order valence-corrected chi connectivity index (χ2v) is 7.84. The van der Waals surface area contributed by atoms with E-state index in [0.717, 1.165) is 20.8 Å². The van der Waals surface area contributed by atoms with Gasteiger partial charge in [-0.3, -0.25) is 0 Å². The summed E-state index contributed by atoms with van der Waals surface area (Å²) in [7, 11) is 13.9. The van der Waals surface area contributed by atoms with E-state index in [0.29, 0.717) is 0 Å². The van der Waals surface area contributed by atoms with E-state index in [2.05, 4.69) is 42.3 Å². The molecule has 0 N–H and O–H groups in total. The summed E-state index contributed by atoms with van der Waals surface area (Å²) in [6.45, 7) is 2.71. The molecule has 1 aliphatic rings. The van der Waals surface area contributed by atoms with E-state index in [1.807, 2.05) is 0 Å². The van der Waals surface area contributed by atoms with Gasteiger partial charge in [-0.2, -0.15) is 0 Å². The summed E-state index contributed by atoms with van der Waals surface area (Å²) >= 11 is 0. The van der Waals surface area contributed by atoms with Gasteiger partial charge in [0.15, 0.2) is 0 Å². The van der Waals surface area contributed by atoms with Crippen LogP contribution in [-0.4, -0.2) is 64.3 Å². The van der Waals surface area contributed by atoms with E-state index in [9.17, 15) is 0 Å². The number of nitrogens with zero attached hydrogens (tertiary/aromatic N) is 2. The van der Waals surface area contributed by atoms with Gasteiger partial charge in [0, 0.05) is 11.8 Å². The Hall–Kier alpha value is 0.500. The number of quaternary nitrogens is 2. The molecule has 4 heteroatoms. The van der Waals surface area contributed by atoms with E-state index in [1.165, 1.54) is 38.8 Å². The fraction of sp³-hybridized carbons (Fsp3) is 1.00. The van der Waals surface area contributed by atoms with Gasteiger partial charge in [-0.15, -0.1) is 0 Å². The predicted molar refractivity (Wildman–Crippen MR) is 71.2 cm³/mol. The Labute approximate surface area is 127 Å². The quantitative estimate of drug-likeness (QED) is 0.468. The second kappa shape index (κ2) is 7.94. The van der Waals surface area contributed by atoms with Gasteiger partial charge in [-0.1, -0.05) is 6.42 Å². The fourth-order valence-corrected chi connectivity index (χ4v) is 3.28. The summed E-state index contributed by atoms with van der Waals surface area (Å²) in [5.74, 6) is 1.93. The molecule has 1 saturated carbocycles. The highest BCUT2D eigenvalue weighted by Gasteiger charge is 2.29. The van der Waals surface area contributed by atoms with Crippen molar-refractivity contribution < 1.29 is 33.8 Å². The Morgan fingerprint density at radius 3 is 1.33 bits per heavy atom. The molecule has 0 spiro atoms. The predicted octanol–water partition coefficient (Wildman–Crippen LogP) is -3.79. The van der Waals surface area contributed by atoms with Crippen LogP contribution in [0.1, 0.15) is 25.7 Å². The van der Waals surface area contributed by atoms with Gasteiger partial charge in [0.1, 0.15) is 0 Å². The zero-order chi connectivity index (χ0) is 12.4. The molecule has 0 bridgehead atoms. The molecule has 0 amide bonds. The highest BCUT2D eigenvalue weighted by atomic mass is 35.5. The maximum absolute atomic E-state index is 2.32. The van der Waals surface area contributed by atoms with Crippen LogP contribution in [0.5, 0.6) is 0 Å². The van der Waals surface area contributed by atoms with Crippen LogP contribution in [0.15, 0.2) is 0 Å². The number of hydrogen-bond donors (Lipinski definition) is 0. The first kappa shape index (κ1) is 20.8. The molecular weight excluding hydrogens is 267 g/mol. The van der Waals surface area contributed by atoms with Crippen molar-refractivity contribution in [2.75, 3.05) is 55.4 Å². The van der Waals surface area contributed by atoms with Crippen molar-refractivity contribution in [3.8, 4) is 0 Å². The Kier molecular flexibility index (Phi) is 9.18. The van der Waals surface area contributed by atoms with Crippen LogP contribution < -0.4 is 24.8 Å². The third-order valence-electron chi connectivity index (χ3n) is 3.50. The van der Waals surface area contributed by atoms with Gasteiger partial charge in [-0.25, -0.2) is 0 Å². The standard InChI is InChI=1S/C14H32N2.2ClH/c1-15(2,3)11-13-8-7-9-14(10-13)12-16(4,5)6;;/h13-14H,7-12H2,1-6H3;2*1H/q+2;;/p-2. The van der Waals surface area contributed by atoms with Crippen LogP contribution in [0.3, 0.4) is 0 Å². The molecular formula is C14H32Cl2N2. The van der Waals surface area contributed by atoms with Crippen molar-refractivity contribution in [1.29, 1.82) is 0 Å². The van der Waals surface area contributed by atoms with Gasteiger partial charge in [0.2, 0.25) is 0 Å². The van der Waals surface area contributed by atoms with Crippen molar-refractivity contribution in [2.24, 2.45) is 11.8 Å². The van der Waals surface area contributed by atoms with E-state index < -0.39 is 0 Å². The molecule has 0 aliphatic heterocycles. The lowest BCUT2D eigenvalue weighted by atomic mass is 9.80. The molecule has 0 aromatic heterocycles. The van der Waals surface area contributed by atoms with E-state index in [4.69, 9.17) is 0 Å². The van der Waals surface area contributed by atoms with Gasteiger partial charge < -0.3 is 33.8 Å². The maximum Gasteiger partial charge on any atom is 0.0809 e. The minimum Gasteiger partial charge on any atom is -1.00 e. The van der Waals surface area contributed by atoms with E-state index in [1.54, 1.807) is 0 Å². The highest BCUT2D eigenvalue weighted by Crippen LogP contribution is 2.31. The van der Waals surface area contributed by atoms with E-state index >= 15 is 0 Å². The smallest absolute Gasteiger partial charge is 0.0809 e. The topological polar surface area (TPSA) is 0 Å². The SMILES string of the molecule is C[N+](C)(C)CC1CCCC(C[N+](C)(C)C)C1.[Cl-].[Cl-]. The third-order valence-corrected chi connectivity index (χ3v) is 3.50. The van der Waals surface area contributed by atoms with Gasteiger partial charge in [-0.05, 0) is 19.3 Å². The van der Waals surface area contributed by atoms with Crippen LogP contribution >= 0.6 is 0 Å². The van der Waals surface area contributed by atoms with Crippen LogP contribution in [0, 0.1) is 11.8 Å². The van der Waals surface area contributed by atoms with Crippen molar-refractivity contribution in [3.05, 3.63) is 0 Å². The van der Waals surface area contributed by atoms with E-state index in [-0.39, 0.29) is 24.8 Å². The molecule has 0 heterocycles. The van der Waals surface area contributed by atoms with Gasteiger partial charge in [0.25, 0.3) is 0 Å². The molecule has 1 fully saturated rings. The lowest BCUT2D eigenvalue weighted by Gasteiger charge is -2.37. The van der Waals surface area contributed by atoms with Crippen LogP contribution in [0.4, 0.5) is 0 Å². The molecule has 0 saturated heterocycles. The molecule has 0 aromatic carbocycles. The average Bonchev–Trinajstić information content (AvgIpc) is 1.96. The second-order valence-electron chi connectivity index (χ2n) is 7.84. The Morgan fingerprint density at radius 2 is 1.06 bits per heavy atom. The number of rotatable bonds is 4. The third kappa shape index (κ3) is 9.43. The van der Waals surface area contributed by atoms with Crippen molar-refractivity contribution >= 4 is 0 Å². The summed E-state index contributed by atoms with van der Waals surface area (Å²) in [4.78, 5) is 0. The summed E-state index contributed by atoms with van der Waals surface area (Å²) in [5, 5.41) is 0. The lowest BCUT2D eigenvalue weighted by molar-refractivity contribution is -0.877. The fourth-order valence-electron chi connectivity index (χ4n) is 3.28. The lowest BCUT2D eigenvalue weighted by Crippen LogP contribution is -3.00. The largest absolute Gasteiger partial charge is 1.00 e.